The van der Waals surface area contributed by atoms with Gasteiger partial charge >= 0.3 is 0 Å². The van der Waals surface area contributed by atoms with Crippen LogP contribution >= 0.6 is 12.4 Å². The summed E-state index contributed by atoms with van der Waals surface area (Å²) in [5, 5.41) is 0. The van der Waals surface area contributed by atoms with Crippen LogP contribution in [0.2, 0.25) is 0 Å². The van der Waals surface area contributed by atoms with E-state index in [2.05, 4.69) is 4.90 Å². The Balaban J connectivity index is 0.00000120. The van der Waals surface area contributed by atoms with E-state index >= 15 is 0 Å². The molecule has 2 aliphatic rings. The Kier molecular flexibility index (Phi) is 4.32. The first-order chi connectivity index (χ1) is 8.33. The first-order valence-electron chi connectivity index (χ1n) is 6.17. The summed E-state index contributed by atoms with van der Waals surface area (Å²) in [6.07, 6.45) is 2.60. The molecule has 0 aliphatic carbocycles. The van der Waals surface area contributed by atoms with E-state index in [1.54, 1.807) is 0 Å². The van der Waals surface area contributed by atoms with E-state index in [9.17, 15) is 0 Å². The minimum absolute atomic E-state index is 0. The van der Waals surface area contributed by atoms with Crippen molar-refractivity contribution in [3.8, 4) is 5.75 Å². The molecule has 0 unspecified atom stereocenters. The first kappa shape index (κ1) is 13.5. The third kappa shape index (κ3) is 2.71. The van der Waals surface area contributed by atoms with Gasteiger partial charge in [-0.25, -0.2) is 0 Å². The molecule has 1 saturated heterocycles. The molecule has 0 atom stereocenters. The fourth-order valence-electron chi connectivity index (χ4n) is 2.63. The molecule has 100 valence electrons. The fraction of sp³-hybridized carbons (Fsp3) is 0.538. The number of hydrogen-bond donors (Lipinski definition) is 1. The fourth-order valence-corrected chi connectivity index (χ4v) is 2.63. The van der Waals surface area contributed by atoms with Gasteiger partial charge in [-0.15, -0.1) is 12.4 Å². The Morgan fingerprint density at radius 2 is 2.00 bits per heavy atom. The van der Waals surface area contributed by atoms with Crippen molar-refractivity contribution < 1.29 is 9.47 Å². The number of benzene rings is 1. The summed E-state index contributed by atoms with van der Waals surface area (Å²) >= 11 is 0. The van der Waals surface area contributed by atoms with E-state index < -0.39 is 0 Å². The van der Waals surface area contributed by atoms with E-state index in [1.807, 2.05) is 12.1 Å². The molecule has 2 aliphatic heterocycles. The molecule has 1 aromatic rings. The average molecular weight is 271 g/mol. The molecule has 18 heavy (non-hydrogen) atoms. The summed E-state index contributed by atoms with van der Waals surface area (Å²) in [4.78, 5) is 2.45. The van der Waals surface area contributed by atoms with Crippen molar-refractivity contribution in [3.63, 3.8) is 0 Å². The van der Waals surface area contributed by atoms with Crippen molar-refractivity contribution in [1.82, 2.24) is 4.90 Å². The van der Waals surface area contributed by atoms with Crippen LogP contribution in [0.5, 0.6) is 5.75 Å². The molecule has 1 aromatic carbocycles. The molecule has 5 heteroatoms. The predicted octanol–water partition coefficient (Wildman–Crippen LogP) is 2.15. The summed E-state index contributed by atoms with van der Waals surface area (Å²) in [7, 11) is 0. The number of hydrogen-bond acceptors (Lipinski definition) is 4. The molecule has 0 bridgehead atoms. The van der Waals surface area contributed by atoms with E-state index in [0.717, 1.165) is 23.5 Å². The Labute approximate surface area is 113 Å². The van der Waals surface area contributed by atoms with Crippen molar-refractivity contribution in [2.24, 2.45) is 0 Å². The van der Waals surface area contributed by atoms with Gasteiger partial charge in [-0.2, -0.15) is 0 Å². The zero-order valence-electron chi connectivity index (χ0n) is 10.4. The molecule has 1 fully saturated rings. The average Bonchev–Trinajstić information content (AvgIpc) is 2.81. The summed E-state index contributed by atoms with van der Waals surface area (Å²) in [5.41, 5.74) is 9.00. The quantitative estimate of drug-likeness (QED) is 0.837. The van der Waals surface area contributed by atoms with Gasteiger partial charge < -0.3 is 15.2 Å². The maximum absolute atomic E-state index is 5.93. The highest BCUT2D eigenvalue weighted by Gasteiger charge is 2.19. The highest BCUT2D eigenvalue weighted by atomic mass is 35.5. The summed E-state index contributed by atoms with van der Waals surface area (Å²) in [6.45, 7) is 4.25. The largest absolute Gasteiger partial charge is 0.467 e. The van der Waals surface area contributed by atoms with Crippen molar-refractivity contribution in [3.05, 3.63) is 23.3 Å². The topological polar surface area (TPSA) is 47.7 Å². The van der Waals surface area contributed by atoms with Crippen molar-refractivity contribution in [2.75, 3.05) is 25.6 Å². The molecule has 0 amide bonds. The number of halogens is 1. The highest BCUT2D eigenvalue weighted by molar-refractivity contribution is 5.85. The van der Waals surface area contributed by atoms with Crippen LogP contribution in [-0.2, 0) is 17.9 Å². The summed E-state index contributed by atoms with van der Waals surface area (Å²) in [5.74, 6) is 0.984. The van der Waals surface area contributed by atoms with Crippen LogP contribution in [0.3, 0.4) is 0 Å². The SMILES string of the molecule is Cl.Nc1cc2c(c(CN3CCCC3)c1)OCOC2. The molecular weight excluding hydrogens is 252 g/mol. The zero-order chi connectivity index (χ0) is 11.7. The van der Waals surface area contributed by atoms with E-state index in [-0.39, 0.29) is 12.4 Å². The van der Waals surface area contributed by atoms with E-state index in [1.165, 1.54) is 31.5 Å². The van der Waals surface area contributed by atoms with E-state index in [4.69, 9.17) is 15.2 Å². The van der Waals surface area contributed by atoms with Crippen molar-refractivity contribution >= 4 is 18.1 Å². The van der Waals surface area contributed by atoms with Crippen LogP contribution in [0.15, 0.2) is 12.1 Å². The van der Waals surface area contributed by atoms with E-state index in [0.29, 0.717) is 13.4 Å². The number of nitrogens with zero attached hydrogens (tertiary/aromatic N) is 1. The summed E-state index contributed by atoms with van der Waals surface area (Å²) < 4.78 is 10.9. The van der Waals surface area contributed by atoms with Gasteiger partial charge in [0.15, 0.2) is 6.79 Å². The lowest BCUT2D eigenvalue weighted by atomic mass is 10.1. The number of fused-ring (bicyclic) bond motifs is 1. The molecule has 2 N–H and O–H groups in total. The van der Waals surface area contributed by atoms with Gasteiger partial charge in [0.1, 0.15) is 5.75 Å². The van der Waals surface area contributed by atoms with Crippen molar-refractivity contribution in [1.29, 1.82) is 0 Å². The number of nitrogen functional groups attached to an aromatic ring is 1. The van der Waals surface area contributed by atoms with Crippen LogP contribution in [0, 0.1) is 0 Å². The Morgan fingerprint density at radius 1 is 1.22 bits per heavy atom. The third-order valence-corrected chi connectivity index (χ3v) is 3.40. The second-order valence-corrected chi connectivity index (χ2v) is 4.76. The van der Waals surface area contributed by atoms with Crippen LogP contribution in [-0.4, -0.2) is 24.8 Å². The normalized spacial score (nSPS) is 18.9. The van der Waals surface area contributed by atoms with Gasteiger partial charge in [0, 0.05) is 23.4 Å². The van der Waals surface area contributed by atoms with Gasteiger partial charge in [-0.05, 0) is 38.1 Å². The minimum atomic E-state index is 0. The molecule has 4 nitrogen and oxygen atoms in total. The molecule has 0 aromatic heterocycles. The second-order valence-electron chi connectivity index (χ2n) is 4.76. The minimum Gasteiger partial charge on any atom is -0.467 e. The van der Waals surface area contributed by atoms with Crippen molar-refractivity contribution in [2.45, 2.75) is 26.0 Å². The van der Waals surface area contributed by atoms with Crippen LogP contribution < -0.4 is 10.5 Å². The van der Waals surface area contributed by atoms with Gasteiger partial charge in [0.2, 0.25) is 0 Å². The number of ether oxygens (including phenoxy) is 2. The lowest BCUT2D eigenvalue weighted by Gasteiger charge is -2.23. The van der Waals surface area contributed by atoms with Crippen LogP contribution in [0.1, 0.15) is 24.0 Å². The molecule has 0 radical (unpaired) electrons. The van der Waals surface area contributed by atoms with Gasteiger partial charge in [0.05, 0.1) is 6.61 Å². The third-order valence-electron chi connectivity index (χ3n) is 3.40. The standard InChI is InChI=1S/C13H18N2O2.ClH/c14-12-5-10(7-15-3-1-2-4-15)13-11(6-12)8-16-9-17-13;/h5-6H,1-4,7-9,14H2;1H. The Hall–Kier alpha value is -0.970. The highest BCUT2D eigenvalue weighted by Crippen LogP contribution is 2.32. The van der Waals surface area contributed by atoms with Crippen LogP contribution in [0.25, 0.3) is 0 Å². The van der Waals surface area contributed by atoms with Crippen LogP contribution in [0.4, 0.5) is 5.69 Å². The molecular formula is C13H19ClN2O2. The number of likely N-dealkylation sites (tertiary alicyclic amines) is 1. The Morgan fingerprint density at radius 3 is 2.78 bits per heavy atom. The maximum atomic E-state index is 5.93. The second kappa shape index (κ2) is 5.78. The number of rotatable bonds is 2. The first-order valence-corrected chi connectivity index (χ1v) is 6.17. The smallest absolute Gasteiger partial charge is 0.189 e. The van der Waals surface area contributed by atoms with Gasteiger partial charge in [0.25, 0.3) is 0 Å². The number of anilines is 1. The van der Waals surface area contributed by atoms with Gasteiger partial charge in [-0.1, -0.05) is 0 Å². The molecule has 2 heterocycles. The summed E-state index contributed by atoms with van der Waals surface area (Å²) in [6, 6.07) is 3.98. The molecule has 3 rings (SSSR count). The monoisotopic (exact) mass is 270 g/mol. The lowest BCUT2D eigenvalue weighted by molar-refractivity contribution is -0.0173. The molecule has 0 saturated carbocycles. The predicted molar refractivity (Wildman–Crippen MR) is 72.9 cm³/mol. The lowest BCUT2D eigenvalue weighted by Crippen LogP contribution is -2.21. The zero-order valence-corrected chi connectivity index (χ0v) is 11.2. The maximum Gasteiger partial charge on any atom is 0.189 e. The Bertz CT molecular complexity index is 420. The molecule has 0 spiro atoms. The van der Waals surface area contributed by atoms with Gasteiger partial charge in [-0.3, -0.25) is 4.90 Å². The number of nitrogens with two attached hydrogens (primary N) is 1.